The van der Waals surface area contributed by atoms with Crippen LogP contribution in [0.15, 0.2) is 66.4 Å². The number of fused-ring (bicyclic) bond motifs is 3. The first kappa shape index (κ1) is 26.5. The van der Waals surface area contributed by atoms with Crippen molar-refractivity contribution in [1.29, 1.82) is 0 Å². The Morgan fingerprint density at radius 2 is 1.62 bits per heavy atom. The van der Waals surface area contributed by atoms with Gasteiger partial charge >= 0.3 is 5.97 Å². The molecule has 2 aromatic carbocycles. The van der Waals surface area contributed by atoms with E-state index in [4.69, 9.17) is 10.5 Å². The Hall–Kier alpha value is -3.71. The summed E-state index contributed by atoms with van der Waals surface area (Å²) in [6.07, 6.45) is 13.3. The lowest BCUT2D eigenvalue weighted by Crippen LogP contribution is -2.56. The second-order valence-corrected chi connectivity index (χ2v) is 12.0. The second-order valence-electron chi connectivity index (χ2n) is 12.0. The normalized spacial score (nSPS) is 29.0. The van der Waals surface area contributed by atoms with E-state index in [1.54, 1.807) is 48.5 Å². The standard InChI is InChI=1S/C33H37N3O4/c1-36(2)22-16-17-33(34,27(19-22)32(39)40-23-15-14-20-8-3-4-9-21(20)18-23)35-28-13-7-12-26-29(28)31(38)25-11-6-5-10-24(25)30(26)37/h5-7,10-13,16-17,19-21,23,27,35H,3-4,8-9,14-15,18,34H2,1-2H3. The van der Waals surface area contributed by atoms with Crippen LogP contribution in [0.3, 0.4) is 0 Å². The second kappa shape index (κ2) is 10.4. The topological polar surface area (TPSA) is 102 Å². The fourth-order valence-corrected chi connectivity index (χ4v) is 7.03. The molecule has 0 heterocycles. The summed E-state index contributed by atoms with van der Waals surface area (Å²) in [4.78, 5) is 42.6. The summed E-state index contributed by atoms with van der Waals surface area (Å²) in [5.74, 6) is -0.284. The zero-order chi connectivity index (χ0) is 28.0. The molecule has 208 valence electrons. The van der Waals surface area contributed by atoms with Gasteiger partial charge in [-0.2, -0.15) is 0 Å². The zero-order valence-corrected chi connectivity index (χ0v) is 23.2. The molecule has 5 atom stereocenters. The number of benzene rings is 2. The molecule has 5 unspecified atom stereocenters. The highest BCUT2D eigenvalue weighted by atomic mass is 16.5. The van der Waals surface area contributed by atoms with Gasteiger partial charge in [0.25, 0.3) is 0 Å². The largest absolute Gasteiger partial charge is 0.462 e. The fourth-order valence-electron chi connectivity index (χ4n) is 7.03. The van der Waals surface area contributed by atoms with Crippen LogP contribution in [0.1, 0.15) is 76.8 Å². The third-order valence-corrected chi connectivity index (χ3v) is 9.23. The van der Waals surface area contributed by atoms with E-state index in [1.165, 1.54) is 25.7 Å². The van der Waals surface area contributed by atoms with E-state index in [0.29, 0.717) is 28.3 Å². The Kier molecular flexibility index (Phi) is 6.87. The monoisotopic (exact) mass is 539 g/mol. The van der Waals surface area contributed by atoms with Crippen molar-refractivity contribution in [2.24, 2.45) is 23.5 Å². The average Bonchev–Trinajstić information content (AvgIpc) is 2.95. The molecule has 2 saturated carbocycles. The number of hydrogen-bond donors (Lipinski definition) is 2. The summed E-state index contributed by atoms with van der Waals surface area (Å²) in [7, 11) is 3.82. The van der Waals surface area contributed by atoms with Crippen molar-refractivity contribution in [2.75, 3.05) is 19.4 Å². The number of allylic oxidation sites excluding steroid dienone is 1. The van der Waals surface area contributed by atoms with Crippen molar-refractivity contribution in [1.82, 2.24) is 4.90 Å². The Labute approximate surface area is 235 Å². The maximum absolute atomic E-state index is 13.8. The molecule has 0 bridgehead atoms. The lowest BCUT2D eigenvalue weighted by molar-refractivity contribution is -0.157. The molecule has 6 rings (SSSR count). The predicted molar refractivity (Wildman–Crippen MR) is 154 cm³/mol. The number of hydrogen-bond acceptors (Lipinski definition) is 7. The minimum Gasteiger partial charge on any atom is -0.462 e. The number of anilines is 1. The number of carbonyl (C=O) groups excluding carboxylic acids is 3. The van der Waals surface area contributed by atoms with Gasteiger partial charge in [0.15, 0.2) is 11.6 Å². The Morgan fingerprint density at radius 1 is 0.925 bits per heavy atom. The number of likely N-dealkylation sites (N-methyl/N-ethyl adjacent to an activating group) is 1. The highest BCUT2D eigenvalue weighted by Gasteiger charge is 2.43. The van der Waals surface area contributed by atoms with Crippen LogP contribution in [0.25, 0.3) is 0 Å². The number of nitrogens with zero attached hydrogens (tertiary/aromatic N) is 1. The van der Waals surface area contributed by atoms with Crippen LogP contribution >= 0.6 is 0 Å². The van der Waals surface area contributed by atoms with Crippen LogP contribution in [-0.2, 0) is 9.53 Å². The van der Waals surface area contributed by atoms with E-state index in [9.17, 15) is 14.4 Å². The van der Waals surface area contributed by atoms with Crippen LogP contribution in [0.2, 0.25) is 0 Å². The number of carbonyl (C=O) groups is 3. The van der Waals surface area contributed by atoms with Gasteiger partial charge in [0.1, 0.15) is 17.7 Å². The minimum atomic E-state index is -1.37. The number of rotatable bonds is 5. The number of ketones is 2. The summed E-state index contributed by atoms with van der Waals surface area (Å²) < 4.78 is 6.16. The maximum Gasteiger partial charge on any atom is 0.317 e. The van der Waals surface area contributed by atoms with Crippen LogP contribution in [0, 0.1) is 17.8 Å². The van der Waals surface area contributed by atoms with Crippen molar-refractivity contribution < 1.29 is 19.1 Å². The van der Waals surface area contributed by atoms with Crippen molar-refractivity contribution >= 4 is 23.2 Å². The zero-order valence-electron chi connectivity index (χ0n) is 23.2. The number of nitrogens with one attached hydrogen (secondary N) is 1. The SMILES string of the molecule is CN(C)C1=CC(C(=O)OC2CCC3CCCCC3C2)C(N)(Nc2cccc3c2C(=O)c2ccccc2C3=O)C=C1. The Morgan fingerprint density at radius 3 is 2.38 bits per heavy atom. The third-order valence-electron chi connectivity index (χ3n) is 9.23. The van der Waals surface area contributed by atoms with E-state index >= 15 is 0 Å². The first-order valence-electron chi connectivity index (χ1n) is 14.4. The molecule has 2 fully saturated rings. The molecule has 4 aliphatic rings. The molecule has 0 spiro atoms. The van der Waals surface area contributed by atoms with E-state index in [-0.39, 0.29) is 29.2 Å². The van der Waals surface area contributed by atoms with Crippen molar-refractivity contribution in [3.8, 4) is 0 Å². The summed E-state index contributed by atoms with van der Waals surface area (Å²) >= 11 is 0. The van der Waals surface area contributed by atoms with Crippen molar-refractivity contribution in [3.63, 3.8) is 0 Å². The van der Waals surface area contributed by atoms with Gasteiger partial charge in [-0.15, -0.1) is 0 Å². The molecule has 2 aromatic rings. The maximum atomic E-state index is 13.8. The molecule has 0 radical (unpaired) electrons. The summed E-state index contributed by atoms with van der Waals surface area (Å²) in [5.41, 5.74) is 8.21. The molecule has 4 aliphatic carbocycles. The van der Waals surface area contributed by atoms with E-state index in [0.717, 1.165) is 30.9 Å². The van der Waals surface area contributed by atoms with Gasteiger partial charge in [-0.3, -0.25) is 14.4 Å². The Bertz CT molecular complexity index is 1430. The molecule has 0 aromatic heterocycles. The molecule has 0 amide bonds. The van der Waals surface area contributed by atoms with E-state index in [1.807, 2.05) is 31.1 Å². The van der Waals surface area contributed by atoms with Crippen LogP contribution < -0.4 is 11.1 Å². The van der Waals surface area contributed by atoms with Crippen molar-refractivity contribution in [2.45, 2.75) is 56.7 Å². The summed E-state index contributed by atoms with van der Waals surface area (Å²) in [6.45, 7) is 0. The smallest absolute Gasteiger partial charge is 0.317 e. The first-order valence-corrected chi connectivity index (χ1v) is 14.4. The minimum absolute atomic E-state index is 0.113. The highest BCUT2D eigenvalue weighted by molar-refractivity contribution is 6.30. The Balaban J connectivity index is 1.29. The van der Waals surface area contributed by atoms with Gasteiger partial charge in [0.2, 0.25) is 0 Å². The van der Waals surface area contributed by atoms with Crippen LogP contribution in [-0.4, -0.2) is 48.3 Å². The van der Waals surface area contributed by atoms with E-state index < -0.39 is 11.6 Å². The molecule has 40 heavy (non-hydrogen) atoms. The van der Waals surface area contributed by atoms with Gasteiger partial charge in [0.05, 0.1) is 5.56 Å². The van der Waals surface area contributed by atoms with Gasteiger partial charge in [-0.05, 0) is 55.4 Å². The third kappa shape index (κ3) is 4.66. The predicted octanol–water partition coefficient (Wildman–Crippen LogP) is 5.06. The molecule has 3 N–H and O–H groups in total. The van der Waals surface area contributed by atoms with Crippen LogP contribution in [0.5, 0.6) is 0 Å². The van der Waals surface area contributed by atoms with Gasteiger partial charge < -0.3 is 20.7 Å². The first-order chi connectivity index (χ1) is 19.2. The number of nitrogens with two attached hydrogens (primary N) is 1. The molecular formula is C33H37N3O4. The average molecular weight is 540 g/mol. The van der Waals surface area contributed by atoms with E-state index in [2.05, 4.69) is 5.32 Å². The van der Waals surface area contributed by atoms with Crippen molar-refractivity contribution in [3.05, 3.63) is 88.6 Å². The summed E-state index contributed by atoms with van der Waals surface area (Å²) in [5, 5.41) is 3.29. The van der Waals surface area contributed by atoms with Gasteiger partial charge in [0, 0.05) is 42.2 Å². The molecular weight excluding hydrogens is 502 g/mol. The fraction of sp³-hybridized carbons (Fsp3) is 0.424. The molecule has 0 saturated heterocycles. The van der Waals surface area contributed by atoms with Gasteiger partial charge in [-0.1, -0.05) is 62.1 Å². The number of esters is 1. The lowest BCUT2D eigenvalue weighted by atomic mass is 9.70. The molecule has 0 aliphatic heterocycles. The lowest BCUT2D eigenvalue weighted by Gasteiger charge is -2.41. The highest BCUT2D eigenvalue weighted by Crippen LogP contribution is 2.42. The summed E-state index contributed by atoms with van der Waals surface area (Å²) in [6, 6.07) is 12.0. The van der Waals surface area contributed by atoms with Crippen LogP contribution in [0.4, 0.5) is 5.69 Å². The number of ether oxygens (including phenoxy) is 1. The molecule has 7 nitrogen and oxygen atoms in total. The quantitative estimate of drug-likeness (QED) is 0.345. The van der Waals surface area contributed by atoms with Gasteiger partial charge in [-0.25, -0.2) is 0 Å². The molecule has 7 heteroatoms.